The third-order valence-electron chi connectivity index (χ3n) is 2.96. The van der Waals surface area contributed by atoms with E-state index in [1.54, 1.807) is 13.2 Å². The lowest BCUT2D eigenvalue weighted by Gasteiger charge is -2.16. The van der Waals surface area contributed by atoms with Crippen molar-refractivity contribution in [1.29, 1.82) is 0 Å². The zero-order valence-corrected chi connectivity index (χ0v) is 12.9. The molecule has 0 fully saturated rings. The van der Waals surface area contributed by atoms with Gasteiger partial charge in [-0.1, -0.05) is 39.7 Å². The molecule has 19 heavy (non-hydrogen) atoms. The smallest absolute Gasteiger partial charge is 0.123 e. The fourth-order valence-corrected chi connectivity index (χ4v) is 2.42. The van der Waals surface area contributed by atoms with Gasteiger partial charge >= 0.3 is 0 Å². The van der Waals surface area contributed by atoms with Crippen molar-refractivity contribution in [2.45, 2.75) is 12.5 Å². The number of halogens is 2. The minimum atomic E-state index is -0.144. The standard InChI is InChI=1S/C15H15BrClNO/c1-19-15-7-6-12(17)9-13(15)14(18)8-10-2-4-11(16)5-3-10/h2-7,9,14H,8,18H2,1H3. The Hall–Kier alpha value is -1.03. The Labute approximate surface area is 126 Å². The van der Waals surface area contributed by atoms with Gasteiger partial charge in [-0.15, -0.1) is 0 Å². The summed E-state index contributed by atoms with van der Waals surface area (Å²) in [5.41, 5.74) is 8.37. The molecule has 0 amide bonds. The quantitative estimate of drug-likeness (QED) is 0.898. The first-order valence-electron chi connectivity index (χ1n) is 5.93. The number of hydrogen-bond acceptors (Lipinski definition) is 2. The predicted octanol–water partition coefficient (Wildman–Crippen LogP) is 4.35. The van der Waals surface area contributed by atoms with Crippen LogP contribution in [-0.2, 0) is 6.42 Å². The molecular weight excluding hydrogens is 326 g/mol. The number of nitrogens with two attached hydrogens (primary N) is 1. The summed E-state index contributed by atoms with van der Waals surface area (Å²) in [5, 5.41) is 0.669. The van der Waals surface area contributed by atoms with Crippen LogP contribution in [0.25, 0.3) is 0 Å². The monoisotopic (exact) mass is 339 g/mol. The number of methoxy groups -OCH3 is 1. The number of rotatable bonds is 4. The number of benzene rings is 2. The Morgan fingerprint density at radius 1 is 1.21 bits per heavy atom. The van der Waals surface area contributed by atoms with E-state index in [9.17, 15) is 0 Å². The van der Waals surface area contributed by atoms with Crippen LogP contribution in [0.3, 0.4) is 0 Å². The Morgan fingerprint density at radius 3 is 2.53 bits per heavy atom. The fraction of sp³-hybridized carbons (Fsp3) is 0.200. The van der Waals surface area contributed by atoms with Crippen molar-refractivity contribution in [1.82, 2.24) is 0 Å². The van der Waals surface area contributed by atoms with Gasteiger partial charge in [0.25, 0.3) is 0 Å². The van der Waals surface area contributed by atoms with Crippen LogP contribution < -0.4 is 10.5 Å². The summed E-state index contributed by atoms with van der Waals surface area (Å²) in [5.74, 6) is 0.772. The van der Waals surface area contributed by atoms with E-state index in [4.69, 9.17) is 22.1 Å². The lowest BCUT2D eigenvalue weighted by atomic mass is 9.99. The maximum atomic E-state index is 6.26. The van der Waals surface area contributed by atoms with E-state index in [0.717, 1.165) is 22.2 Å². The van der Waals surface area contributed by atoms with Crippen molar-refractivity contribution < 1.29 is 4.74 Å². The molecule has 4 heteroatoms. The van der Waals surface area contributed by atoms with Gasteiger partial charge in [0.15, 0.2) is 0 Å². The average Bonchev–Trinajstić information content (AvgIpc) is 2.41. The van der Waals surface area contributed by atoms with Gasteiger partial charge in [-0.25, -0.2) is 0 Å². The van der Waals surface area contributed by atoms with Gasteiger partial charge in [0.1, 0.15) is 5.75 Å². The molecule has 0 bridgehead atoms. The summed E-state index contributed by atoms with van der Waals surface area (Å²) in [6, 6.07) is 13.5. The molecule has 0 aliphatic rings. The molecule has 2 rings (SSSR count). The van der Waals surface area contributed by atoms with Gasteiger partial charge in [-0.2, -0.15) is 0 Å². The second-order valence-electron chi connectivity index (χ2n) is 4.32. The molecule has 2 aromatic carbocycles. The minimum absolute atomic E-state index is 0.144. The Kier molecular flexibility index (Phi) is 4.86. The first kappa shape index (κ1) is 14.4. The number of hydrogen-bond donors (Lipinski definition) is 1. The highest BCUT2D eigenvalue weighted by atomic mass is 79.9. The van der Waals surface area contributed by atoms with Crippen molar-refractivity contribution in [3.63, 3.8) is 0 Å². The predicted molar refractivity (Wildman–Crippen MR) is 82.8 cm³/mol. The molecule has 100 valence electrons. The Balaban J connectivity index is 2.21. The topological polar surface area (TPSA) is 35.2 Å². The molecule has 0 heterocycles. The van der Waals surface area contributed by atoms with Crippen molar-refractivity contribution in [2.75, 3.05) is 7.11 Å². The normalized spacial score (nSPS) is 12.2. The van der Waals surface area contributed by atoms with Gasteiger partial charge in [0, 0.05) is 21.1 Å². The molecular formula is C15H15BrClNO. The SMILES string of the molecule is COc1ccc(Cl)cc1C(N)Cc1ccc(Br)cc1. The highest BCUT2D eigenvalue weighted by Gasteiger charge is 2.13. The van der Waals surface area contributed by atoms with Gasteiger partial charge < -0.3 is 10.5 Å². The second kappa shape index (κ2) is 6.42. The number of ether oxygens (including phenoxy) is 1. The molecule has 0 spiro atoms. The van der Waals surface area contributed by atoms with Crippen LogP contribution in [0.5, 0.6) is 5.75 Å². The first-order valence-corrected chi connectivity index (χ1v) is 7.10. The highest BCUT2D eigenvalue weighted by molar-refractivity contribution is 9.10. The summed E-state index contributed by atoms with van der Waals surface area (Å²) >= 11 is 9.44. The summed E-state index contributed by atoms with van der Waals surface area (Å²) in [4.78, 5) is 0. The summed E-state index contributed by atoms with van der Waals surface area (Å²) < 4.78 is 6.39. The van der Waals surface area contributed by atoms with Crippen LogP contribution in [0.2, 0.25) is 5.02 Å². The van der Waals surface area contributed by atoms with Crippen LogP contribution in [0.15, 0.2) is 46.9 Å². The third kappa shape index (κ3) is 3.72. The molecule has 0 aliphatic heterocycles. The lowest BCUT2D eigenvalue weighted by molar-refractivity contribution is 0.405. The van der Waals surface area contributed by atoms with E-state index in [2.05, 4.69) is 28.1 Å². The van der Waals surface area contributed by atoms with Crippen molar-refractivity contribution >= 4 is 27.5 Å². The molecule has 2 N–H and O–H groups in total. The molecule has 2 aromatic rings. The van der Waals surface area contributed by atoms with E-state index in [0.29, 0.717) is 5.02 Å². The van der Waals surface area contributed by atoms with Crippen LogP contribution in [-0.4, -0.2) is 7.11 Å². The van der Waals surface area contributed by atoms with Crippen molar-refractivity contribution in [3.8, 4) is 5.75 Å². The van der Waals surface area contributed by atoms with Crippen LogP contribution in [0.4, 0.5) is 0 Å². The maximum Gasteiger partial charge on any atom is 0.123 e. The zero-order chi connectivity index (χ0) is 13.8. The van der Waals surface area contributed by atoms with E-state index in [1.165, 1.54) is 5.56 Å². The summed E-state index contributed by atoms with van der Waals surface area (Å²) in [7, 11) is 1.64. The van der Waals surface area contributed by atoms with Crippen molar-refractivity contribution in [3.05, 3.63) is 63.1 Å². The maximum absolute atomic E-state index is 6.26. The van der Waals surface area contributed by atoms with Crippen LogP contribution >= 0.6 is 27.5 Å². The molecule has 0 aliphatic carbocycles. The van der Waals surface area contributed by atoms with Crippen molar-refractivity contribution in [2.24, 2.45) is 5.73 Å². The average molecular weight is 341 g/mol. The lowest BCUT2D eigenvalue weighted by Crippen LogP contribution is -2.14. The van der Waals surface area contributed by atoms with E-state index < -0.39 is 0 Å². The van der Waals surface area contributed by atoms with E-state index in [1.807, 2.05) is 24.3 Å². The Morgan fingerprint density at radius 2 is 1.89 bits per heavy atom. The van der Waals surface area contributed by atoms with E-state index in [-0.39, 0.29) is 6.04 Å². The fourth-order valence-electron chi connectivity index (χ4n) is 1.98. The van der Waals surface area contributed by atoms with Crippen LogP contribution in [0, 0.1) is 0 Å². The molecule has 0 radical (unpaired) electrons. The minimum Gasteiger partial charge on any atom is -0.496 e. The Bertz CT molecular complexity index is 557. The first-order chi connectivity index (χ1) is 9.10. The zero-order valence-electron chi connectivity index (χ0n) is 10.6. The van der Waals surface area contributed by atoms with Gasteiger partial charge in [0.05, 0.1) is 7.11 Å². The second-order valence-corrected chi connectivity index (χ2v) is 5.68. The molecule has 2 nitrogen and oxygen atoms in total. The van der Waals surface area contributed by atoms with E-state index >= 15 is 0 Å². The molecule has 0 saturated heterocycles. The summed E-state index contributed by atoms with van der Waals surface area (Å²) in [6.07, 6.45) is 0.740. The molecule has 1 atom stereocenters. The molecule has 0 saturated carbocycles. The van der Waals surface area contributed by atoms with Gasteiger partial charge in [-0.3, -0.25) is 0 Å². The largest absolute Gasteiger partial charge is 0.496 e. The van der Waals surface area contributed by atoms with Gasteiger partial charge in [-0.05, 0) is 42.3 Å². The summed E-state index contributed by atoms with van der Waals surface area (Å²) in [6.45, 7) is 0. The van der Waals surface area contributed by atoms with Crippen LogP contribution in [0.1, 0.15) is 17.2 Å². The highest BCUT2D eigenvalue weighted by Crippen LogP contribution is 2.29. The molecule has 1 unspecified atom stereocenters. The van der Waals surface area contributed by atoms with Gasteiger partial charge in [0.2, 0.25) is 0 Å². The molecule has 0 aromatic heterocycles. The third-order valence-corrected chi connectivity index (χ3v) is 3.72.